The van der Waals surface area contributed by atoms with Crippen LogP contribution in [0.5, 0.6) is 0 Å². The zero-order valence-corrected chi connectivity index (χ0v) is 32.9. The first kappa shape index (κ1) is 42.6. The van der Waals surface area contributed by atoms with Gasteiger partial charge >= 0.3 is 11.9 Å². The van der Waals surface area contributed by atoms with Gasteiger partial charge in [0.25, 0.3) is 5.91 Å². The average molecular weight is 742 g/mol. The lowest BCUT2D eigenvalue weighted by atomic mass is 9.95. The molecule has 3 amide bonds. The molecule has 0 aliphatic heterocycles. The predicted octanol–water partition coefficient (Wildman–Crippen LogP) is 5.08. The molecule has 0 radical (unpaired) electrons. The molecular formula is C39H59N5O7S. The number of ether oxygens (including phenoxy) is 2. The van der Waals surface area contributed by atoms with Crippen molar-refractivity contribution in [2.24, 2.45) is 23.7 Å². The number of hydrogen-bond donors (Lipinski definition) is 3. The summed E-state index contributed by atoms with van der Waals surface area (Å²) in [6, 6.07) is 8.35. The molecule has 1 aromatic carbocycles. The second-order valence-electron chi connectivity index (χ2n) is 14.5. The van der Waals surface area contributed by atoms with Gasteiger partial charge in [0, 0.05) is 43.8 Å². The fourth-order valence-corrected chi connectivity index (χ4v) is 7.32. The zero-order valence-electron chi connectivity index (χ0n) is 32.1. The second-order valence-corrected chi connectivity index (χ2v) is 15.4. The van der Waals surface area contributed by atoms with Gasteiger partial charge in [0.05, 0.1) is 13.0 Å². The van der Waals surface area contributed by atoms with Crippen molar-refractivity contribution in [2.45, 2.75) is 110 Å². The minimum absolute atomic E-state index is 0.0214. The summed E-state index contributed by atoms with van der Waals surface area (Å²) in [4.78, 5) is 71.6. The molecule has 1 saturated carbocycles. The minimum atomic E-state index is -0.808. The maximum Gasteiger partial charge on any atom is 0.308 e. The fourth-order valence-electron chi connectivity index (χ4n) is 6.48. The van der Waals surface area contributed by atoms with E-state index >= 15 is 0 Å². The topological polar surface area (TPSA) is 156 Å². The number of aromatic nitrogens is 1. The molecular weight excluding hydrogens is 683 g/mol. The van der Waals surface area contributed by atoms with Gasteiger partial charge in [-0.1, -0.05) is 64.4 Å². The van der Waals surface area contributed by atoms with Crippen LogP contribution in [0.25, 0.3) is 0 Å². The highest BCUT2D eigenvalue weighted by Crippen LogP contribution is 2.35. The van der Waals surface area contributed by atoms with Gasteiger partial charge < -0.3 is 30.3 Å². The molecule has 0 saturated heterocycles. The molecule has 6 atom stereocenters. The molecule has 1 aliphatic carbocycles. The maximum absolute atomic E-state index is 14.0. The summed E-state index contributed by atoms with van der Waals surface area (Å²) in [5.41, 5.74) is 1.18. The number of esters is 2. The van der Waals surface area contributed by atoms with Crippen LogP contribution in [0.1, 0.15) is 107 Å². The van der Waals surface area contributed by atoms with E-state index in [4.69, 9.17) is 9.47 Å². The van der Waals surface area contributed by atoms with Crippen LogP contribution in [0, 0.1) is 23.7 Å². The van der Waals surface area contributed by atoms with Gasteiger partial charge in [-0.15, -0.1) is 11.3 Å². The molecule has 3 rings (SSSR count). The van der Waals surface area contributed by atoms with Crippen LogP contribution in [0.2, 0.25) is 0 Å². The van der Waals surface area contributed by atoms with E-state index < -0.39 is 29.9 Å². The summed E-state index contributed by atoms with van der Waals surface area (Å²) in [5, 5.41) is 11.3. The van der Waals surface area contributed by atoms with Gasteiger partial charge in [-0.05, 0) is 69.5 Å². The SMILES string of the molecule is CNCCCC[C@@H](C)C(=O)N[C@H](C(=O)N(C)[C@H](C[C@@H](OC(C)=O)c1nc(C(=O)N[C@@H](Cc2ccccc2)C[C@H](C)C(=O)OC)cs1)C(C)C)C1CC1. The summed E-state index contributed by atoms with van der Waals surface area (Å²) in [6.45, 7) is 9.89. The molecule has 1 aliphatic rings. The van der Waals surface area contributed by atoms with E-state index in [1.54, 1.807) is 24.3 Å². The fraction of sp³-hybridized carbons (Fsp3) is 0.641. The van der Waals surface area contributed by atoms with E-state index in [9.17, 15) is 24.0 Å². The second kappa shape index (κ2) is 21.0. The monoisotopic (exact) mass is 741 g/mol. The quantitative estimate of drug-likeness (QED) is 0.111. The highest BCUT2D eigenvalue weighted by molar-refractivity contribution is 7.09. The summed E-state index contributed by atoms with van der Waals surface area (Å²) < 4.78 is 10.7. The first-order valence-electron chi connectivity index (χ1n) is 18.5. The van der Waals surface area contributed by atoms with Crippen molar-refractivity contribution in [1.29, 1.82) is 0 Å². The summed E-state index contributed by atoms with van der Waals surface area (Å²) in [7, 11) is 4.99. The van der Waals surface area contributed by atoms with Crippen molar-refractivity contribution in [1.82, 2.24) is 25.8 Å². The summed E-state index contributed by atoms with van der Waals surface area (Å²) >= 11 is 1.21. The Bertz CT molecular complexity index is 1460. The van der Waals surface area contributed by atoms with E-state index in [0.717, 1.165) is 44.2 Å². The Labute approximate surface area is 313 Å². The number of carbonyl (C=O) groups excluding carboxylic acids is 5. The third-order valence-electron chi connectivity index (χ3n) is 9.73. The Morgan fingerprint density at radius 2 is 1.67 bits per heavy atom. The molecule has 13 heteroatoms. The lowest BCUT2D eigenvalue weighted by Gasteiger charge is -2.36. The number of amides is 3. The van der Waals surface area contributed by atoms with Crippen LogP contribution in [-0.4, -0.2) is 85.4 Å². The molecule has 1 fully saturated rings. The largest absolute Gasteiger partial charge is 0.469 e. The lowest BCUT2D eigenvalue weighted by Crippen LogP contribution is -2.53. The van der Waals surface area contributed by atoms with Crippen LogP contribution < -0.4 is 16.0 Å². The van der Waals surface area contributed by atoms with Gasteiger partial charge in [0.15, 0.2) is 6.10 Å². The normalized spacial score (nSPS) is 16.2. The van der Waals surface area contributed by atoms with Crippen LogP contribution in [-0.2, 0) is 35.1 Å². The van der Waals surface area contributed by atoms with E-state index in [-0.39, 0.29) is 59.7 Å². The smallest absolute Gasteiger partial charge is 0.308 e. The van der Waals surface area contributed by atoms with Crippen molar-refractivity contribution in [3.05, 3.63) is 52.0 Å². The van der Waals surface area contributed by atoms with Crippen molar-refractivity contribution in [3.63, 3.8) is 0 Å². The van der Waals surface area contributed by atoms with Gasteiger partial charge in [0.2, 0.25) is 11.8 Å². The van der Waals surface area contributed by atoms with Crippen molar-refractivity contribution >= 4 is 41.0 Å². The Morgan fingerprint density at radius 1 is 0.981 bits per heavy atom. The molecule has 2 aromatic rings. The third-order valence-corrected chi connectivity index (χ3v) is 10.7. The predicted molar refractivity (Wildman–Crippen MR) is 201 cm³/mol. The first-order chi connectivity index (χ1) is 24.7. The van der Waals surface area contributed by atoms with E-state index in [1.165, 1.54) is 25.4 Å². The molecule has 1 heterocycles. The van der Waals surface area contributed by atoms with Gasteiger partial charge in [-0.25, -0.2) is 4.98 Å². The number of nitrogens with zero attached hydrogens (tertiary/aromatic N) is 2. The van der Waals surface area contributed by atoms with Crippen molar-refractivity contribution < 1.29 is 33.4 Å². The maximum atomic E-state index is 14.0. The number of thiazole rings is 1. The van der Waals surface area contributed by atoms with E-state index in [1.807, 2.05) is 58.2 Å². The van der Waals surface area contributed by atoms with Gasteiger partial charge in [-0.2, -0.15) is 0 Å². The third kappa shape index (κ3) is 13.3. The van der Waals surface area contributed by atoms with Gasteiger partial charge in [-0.3, -0.25) is 24.0 Å². The van der Waals surface area contributed by atoms with E-state index in [2.05, 4.69) is 20.9 Å². The molecule has 288 valence electrons. The highest BCUT2D eigenvalue weighted by atomic mass is 32.1. The Balaban J connectivity index is 1.75. The lowest BCUT2D eigenvalue weighted by molar-refractivity contribution is -0.149. The Morgan fingerprint density at radius 3 is 2.27 bits per heavy atom. The number of nitrogens with one attached hydrogen (secondary N) is 3. The zero-order chi connectivity index (χ0) is 38.4. The average Bonchev–Trinajstić information content (AvgIpc) is 3.84. The molecule has 12 nitrogen and oxygen atoms in total. The minimum Gasteiger partial charge on any atom is -0.469 e. The summed E-state index contributed by atoms with van der Waals surface area (Å²) in [6.07, 6.45) is 4.74. The van der Waals surface area contributed by atoms with Crippen LogP contribution in [0.4, 0.5) is 0 Å². The number of likely N-dealkylation sites (N-methyl/N-ethyl adjacent to an activating group) is 1. The van der Waals surface area contributed by atoms with Crippen LogP contribution in [0.3, 0.4) is 0 Å². The summed E-state index contributed by atoms with van der Waals surface area (Å²) in [5.74, 6) is -2.11. The molecule has 1 aromatic heterocycles. The number of methoxy groups -OCH3 is 1. The van der Waals surface area contributed by atoms with E-state index in [0.29, 0.717) is 17.8 Å². The van der Waals surface area contributed by atoms with Crippen LogP contribution >= 0.6 is 11.3 Å². The molecule has 0 spiro atoms. The van der Waals surface area contributed by atoms with Crippen LogP contribution in [0.15, 0.2) is 35.7 Å². The van der Waals surface area contributed by atoms with Crippen molar-refractivity contribution in [3.8, 4) is 0 Å². The molecule has 0 unspecified atom stereocenters. The first-order valence-corrected chi connectivity index (χ1v) is 19.4. The van der Waals surface area contributed by atoms with Crippen molar-refractivity contribution in [2.75, 3.05) is 27.7 Å². The Kier molecular flexibility index (Phi) is 17.2. The number of hydrogen-bond acceptors (Lipinski definition) is 10. The standard InChI is InChI=1S/C39H59N5O7S/c1-24(2)32(44(7)38(48)34(29-17-18-29)43-35(46)25(3)14-12-13-19-40-6)22-33(51-27(5)45)37-42-31(23-52-37)36(47)41-30(20-26(4)39(49)50-8)21-28-15-10-9-11-16-28/h9-11,15-16,23-26,29-30,32-34,40H,12-14,17-22H2,1-8H3,(H,41,47)(H,43,46)/t25-,26+,30-,32-,33-,34+/m1/s1. The molecule has 52 heavy (non-hydrogen) atoms. The molecule has 3 N–H and O–H groups in total. The molecule has 0 bridgehead atoms. The Hall–Kier alpha value is -3.84. The number of benzene rings is 1. The number of rotatable bonds is 22. The highest BCUT2D eigenvalue weighted by Gasteiger charge is 2.41. The van der Waals surface area contributed by atoms with Gasteiger partial charge in [0.1, 0.15) is 16.7 Å². The number of carbonyl (C=O) groups is 5. The number of unbranched alkanes of at least 4 members (excludes halogenated alkanes) is 1.